The number of carbonyl (C=O) groups excluding carboxylic acids is 1. The highest BCUT2D eigenvalue weighted by atomic mass is 79.9. The van der Waals surface area contributed by atoms with Crippen molar-refractivity contribution in [1.29, 1.82) is 0 Å². The summed E-state index contributed by atoms with van der Waals surface area (Å²) < 4.78 is 29.7. The van der Waals surface area contributed by atoms with Crippen LogP contribution < -0.4 is 15.4 Å². The van der Waals surface area contributed by atoms with Crippen molar-refractivity contribution in [2.45, 2.75) is 19.5 Å². The van der Waals surface area contributed by atoms with Crippen LogP contribution in [0.3, 0.4) is 0 Å². The molecule has 1 saturated heterocycles. The fraction of sp³-hybridized carbons (Fsp3) is 0.462. The maximum atomic E-state index is 12.5. The Morgan fingerprint density at radius 2 is 2.29 bits per heavy atom. The van der Waals surface area contributed by atoms with E-state index in [9.17, 15) is 13.6 Å². The Morgan fingerprint density at radius 1 is 1.52 bits per heavy atom. The lowest BCUT2D eigenvalue weighted by atomic mass is 9.99. The van der Waals surface area contributed by atoms with Crippen LogP contribution in [0.1, 0.15) is 12.8 Å². The molecule has 4 nitrogen and oxygen atoms in total. The highest BCUT2D eigenvalue weighted by Gasteiger charge is 2.23. The molecule has 0 unspecified atom stereocenters. The minimum atomic E-state index is -2.99. The van der Waals surface area contributed by atoms with Gasteiger partial charge in [0, 0.05) is 11.6 Å². The Kier molecular flexibility index (Phi) is 5.78. The Hall–Kier alpha value is -0.920. The molecule has 0 spiro atoms. The predicted octanol–water partition coefficient (Wildman–Crippen LogP) is 3.64. The van der Waals surface area contributed by atoms with Crippen LogP contribution in [0.2, 0.25) is 5.02 Å². The first-order chi connectivity index (χ1) is 9.97. The summed E-state index contributed by atoms with van der Waals surface area (Å²) in [5, 5.41) is 6.05. The van der Waals surface area contributed by atoms with E-state index < -0.39 is 6.61 Å². The maximum absolute atomic E-state index is 12.5. The summed E-state index contributed by atoms with van der Waals surface area (Å²) in [5.74, 6) is -0.571. The van der Waals surface area contributed by atoms with Crippen LogP contribution in [0, 0.1) is 5.92 Å². The smallest absolute Gasteiger partial charge is 0.387 e. The number of amides is 1. The Labute approximate surface area is 134 Å². The molecule has 1 fully saturated rings. The first kappa shape index (κ1) is 16.5. The van der Waals surface area contributed by atoms with Gasteiger partial charge in [0.25, 0.3) is 0 Å². The lowest BCUT2D eigenvalue weighted by Crippen LogP contribution is -2.37. The largest absolute Gasteiger partial charge is 0.431 e. The van der Waals surface area contributed by atoms with Crippen LogP contribution in [0.15, 0.2) is 16.6 Å². The normalized spacial score (nSPS) is 18.6. The van der Waals surface area contributed by atoms with Gasteiger partial charge in [-0.15, -0.1) is 0 Å². The fourth-order valence-corrected chi connectivity index (χ4v) is 3.08. The minimum absolute atomic E-state index is 0.130. The number of hydrogen-bond acceptors (Lipinski definition) is 3. The second kappa shape index (κ2) is 7.38. The van der Waals surface area contributed by atoms with Crippen LogP contribution in [0.25, 0.3) is 0 Å². The molecule has 1 aliphatic heterocycles. The van der Waals surface area contributed by atoms with E-state index >= 15 is 0 Å². The Morgan fingerprint density at radius 3 is 2.90 bits per heavy atom. The molecule has 1 aliphatic rings. The summed E-state index contributed by atoms with van der Waals surface area (Å²) in [7, 11) is 0. The van der Waals surface area contributed by atoms with Gasteiger partial charge < -0.3 is 15.4 Å². The average Bonchev–Trinajstić information content (AvgIpc) is 2.43. The molecule has 1 aromatic rings. The van der Waals surface area contributed by atoms with Gasteiger partial charge >= 0.3 is 6.61 Å². The molecule has 1 amide bonds. The zero-order valence-corrected chi connectivity index (χ0v) is 13.3. The maximum Gasteiger partial charge on any atom is 0.387 e. The number of rotatable bonds is 4. The molecule has 116 valence electrons. The monoisotopic (exact) mass is 382 g/mol. The molecule has 0 aromatic heterocycles. The van der Waals surface area contributed by atoms with Crippen molar-refractivity contribution < 1.29 is 18.3 Å². The van der Waals surface area contributed by atoms with Gasteiger partial charge in [-0.25, -0.2) is 0 Å². The molecule has 1 atom stereocenters. The van der Waals surface area contributed by atoms with Crippen molar-refractivity contribution >= 4 is 39.1 Å². The Balaban J connectivity index is 2.19. The van der Waals surface area contributed by atoms with Crippen molar-refractivity contribution in [3.05, 3.63) is 21.6 Å². The summed E-state index contributed by atoms with van der Waals surface area (Å²) in [6.07, 6.45) is 1.66. The summed E-state index contributed by atoms with van der Waals surface area (Å²) in [6, 6.07) is 2.81. The van der Waals surface area contributed by atoms with Gasteiger partial charge in [0.05, 0.1) is 16.1 Å². The molecule has 1 heterocycles. The van der Waals surface area contributed by atoms with Crippen molar-refractivity contribution in [3.8, 4) is 5.75 Å². The lowest BCUT2D eigenvalue weighted by molar-refractivity contribution is -0.120. The molecule has 2 N–H and O–H groups in total. The van der Waals surface area contributed by atoms with E-state index in [0.29, 0.717) is 11.6 Å². The van der Waals surface area contributed by atoms with E-state index in [0.717, 1.165) is 19.4 Å². The van der Waals surface area contributed by atoms with Gasteiger partial charge in [-0.05, 0) is 47.4 Å². The van der Waals surface area contributed by atoms with Gasteiger partial charge in [-0.1, -0.05) is 11.6 Å². The number of ether oxygens (including phenoxy) is 1. The Bertz CT molecular complexity index is 525. The third kappa shape index (κ3) is 4.52. The molecule has 0 radical (unpaired) electrons. The number of nitrogens with one attached hydrogen (secondary N) is 2. The van der Waals surface area contributed by atoms with Crippen molar-refractivity contribution in [1.82, 2.24) is 5.32 Å². The van der Waals surface area contributed by atoms with Crippen LogP contribution in [-0.2, 0) is 4.79 Å². The van der Waals surface area contributed by atoms with Crippen molar-refractivity contribution in [3.63, 3.8) is 0 Å². The molecular formula is C13H14BrClF2N2O2. The quantitative estimate of drug-likeness (QED) is 0.834. The summed E-state index contributed by atoms with van der Waals surface area (Å²) >= 11 is 9.00. The summed E-state index contributed by atoms with van der Waals surface area (Å²) in [4.78, 5) is 12.2. The number of benzene rings is 1. The van der Waals surface area contributed by atoms with E-state index in [1.165, 1.54) is 12.1 Å². The molecule has 0 saturated carbocycles. The summed E-state index contributed by atoms with van der Waals surface area (Å²) in [5.41, 5.74) is 0.130. The highest BCUT2D eigenvalue weighted by molar-refractivity contribution is 9.10. The van der Waals surface area contributed by atoms with Gasteiger partial charge in [0.2, 0.25) is 5.91 Å². The lowest BCUT2D eigenvalue weighted by Gasteiger charge is -2.22. The standard InChI is InChI=1S/C13H14BrClF2N2O2/c14-9-4-8(15)5-10(11(9)21-13(16)17)19-12(20)7-2-1-3-18-6-7/h4-5,7,13,18H,1-3,6H2,(H,19,20)/t7-/m1/s1. The third-order valence-electron chi connectivity index (χ3n) is 3.14. The van der Waals surface area contributed by atoms with Gasteiger partial charge in [-0.3, -0.25) is 4.79 Å². The van der Waals surface area contributed by atoms with Crippen LogP contribution in [0.5, 0.6) is 5.75 Å². The van der Waals surface area contributed by atoms with Gasteiger partial charge in [-0.2, -0.15) is 8.78 Å². The second-order valence-electron chi connectivity index (χ2n) is 4.68. The number of alkyl halides is 2. The van der Waals surface area contributed by atoms with Crippen LogP contribution >= 0.6 is 27.5 Å². The van der Waals surface area contributed by atoms with Crippen LogP contribution in [-0.4, -0.2) is 25.6 Å². The predicted molar refractivity (Wildman–Crippen MR) is 80.0 cm³/mol. The van der Waals surface area contributed by atoms with E-state index in [4.69, 9.17) is 11.6 Å². The molecule has 0 aliphatic carbocycles. The number of anilines is 1. The average molecular weight is 384 g/mol. The molecular weight excluding hydrogens is 370 g/mol. The summed E-state index contributed by atoms with van der Waals surface area (Å²) in [6.45, 7) is -1.54. The molecule has 8 heteroatoms. The van der Waals surface area contributed by atoms with E-state index in [-0.39, 0.29) is 27.7 Å². The first-order valence-corrected chi connectivity index (χ1v) is 7.60. The number of halogens is 4. The van der Waals surface area contributed by atoms with Gasteiger partial charge in [0.1, 0.15) is 0 Å². The number of piperidine rings is 1. The number of carbonyl (C=O) groups is 1. The highest BCUT2D eigenvalue weighted by Crippen LogP contribution is 2.37. The van der Waals surface area contributed by atoms with E-state index in [2.05, 4.69) is 31.3 Å². The van der Waals surface area contributed by atoms with E-state index in [1.807, 2.05) is 0 Å². The third-order valence-corrected chi connectivity index (χ3v) is 3.95. The zero-order valence-electron chi connectivity index (χ0n) is 11.0. The number of hydrogen-bond donors (Lipinski definition) is 2. The molecule has 2 rings (SSSR count). The van der Waals surface area contributed by atoms with Crippen molar-refractivity contribution in [2.24, 2.45) is 5.92 Å². The first-order valence-electron chi connectivity index (χ1n) is 6.43. The molecule has 0 bridgehead atoms. The minimum Gasteiger partial charge on any atom is -0.431 e. The SMILES string of the molecule is O=C(Nc1cc(Cl)cc(Br)c1OC(F)F)[C@@H]1CCCNC1. The van der Waals surface area contributed by atoms with Crippen LogP contribution in [0.4, 0.5) is 14.5 Å². The second-order valence-corrected chi connectivity index (χ2v) is 5.97. The van der Waals surface area contributed by atoms with Gasteiger partial charge in [0.15, 0.2) is 5.75 Å². The topological polar surface area (TPSA) is 50.4 Å². The fourth-order valence-electron chi connectivity index (χ4n) is 2.17. The molecule has 21 heavy (non-hydrogen) atoms. The zero-order chi connectivity index (χ0) is 15.4. The van der Waals surface area contributed by atoms with E-state index in [1.54, 1.807) is 0 Å². The molecule has 1 aromatic carbocycles. The van der Waals surface area contributed by atoms with Crippen molar-refractivity contribution in [2.75, 3.05) is 18.4 Å².